The molecule has 3 nitrogen and oxygen atoms in total. The van der Waals surface area contributed by atoms with Crippen LogP contribution in [0.3, 0.4) is 0 Å². The molecule has 148 valence electrons. The molecule has 0 fully saturated rings. The van der Waals surface area contributed by atoms with E-state index in [0.717, 1.165) is 17.8 Å². The maximum Gasteiger partial charge on any atom is 0.435 e. The molecule has 0 atom stereocenters. The fourth-order valence-electron chi connectivity index (χ4n) is 2.97. The Hall–Kier alpha value is -2.90. The monoisotopic (exact) mass is 395 g/mol. The number of nitrogens with two attached hydrogens (primary N) is 1. The van der Waals surface area contributed by atoms with E-state index in [4.69, 9.17) is 5.73 Å². The van der Waals surface area contributed by atoms with Crippen molar-refractivity contribution in [3.05, 3.63) is 65.5 Å². The first kappa shape index (κ1) is 19.9. The van der Waals surface area contributed by atoms with Crippen molar-refractivity contribution in [2.24, 2.45) is 0 Å². The van der Waals surface area contributed by atoms with Gasteiger partial charge >= 0.3 is 6.18 Å². The van der Waals surface area contributed by atoms with Crippen LogP contribution < -0.4 is 5.73 Å². The van der Waals surface area contributed by atoms with Crippen LogP contribution in [-0.4, -0.2) is 9.78 Å². The Balaban J connectivity index is 2.26. The topological polar surface area (TPSA) is 43.8 Å². The first-order valence-electron chi connectivity index (χ1n) is 8.40. The summed E-state index contributed by atoms with van der Waals surface area (Å²) in [6.07, 6.45) is -4.08. The summed E-state index contributed by atoms with van der Waals surface area (Å²) in [7, 11) is 0. The highest BCUT2D eigenvalue weighted by molar-refractivity contribution is 5.74. The van der Waals surface area contributed by atoms with Crippen LogP contribution >= 0.6 is 0 Å². The van der Waals surface area contributed by atoms with Crippen LogP contribution in [-0.2, 0) is 11.6 Å². The molecule has 0 unspecified atom stereocenters. The maximum atomic E-state index is 14.6. The van der Waals surface area contributed by atoms with Gasteiger partial charge in [-0.3, -0.25) is 0 Å². The largest absolute Gasteiger partial charge is 0.435 e. The summed E-state index contributed by atoms with van der Waals surface area (Å²) in [5.74, 6) is -2.09. The van der Waals surface area contributed by atoms with Gasteiger partial charge in [-0.05, 0) is 22.6 Å². The fraction of sp³-hybridized carbons (Fsp3) is 0.250. The molecule has 2 N–H and O–H groups in total. The van der Waals surface area contributed by atoms with E-state index in [0.29, 0.717) is 16.3 Å². The third-order valence-electron chi connectivity index (χ3n) is 4.37. The average Bonchev–Trinajstić information content (AvgIpc) is 2.95. The fourth-order valence-corrected chi connectivity index (χ4v) is 2.97. The maximum absolute atomic E-state index is 14.6. The summed E-state index contributed by atoms with van der Waals surface area (Å²) in [5, 5.41) is 3.60. The van der Waals surface area contributed by atoms with Crippen molar-refractivity contribution in [3.8, 4) is 16.8 Å². The summed E-state index contributed by atoms with van der Waals surface area (Å²) in [6.45, 7) is 5.99. The number of benzene rings is 2. The Kier molecular flexibility index (Phi) is 4.69. The predicted molar refractivity (Wildman–Crippen MR) is 97.0 cm³/mol. The van der Waals surface area contributed by atoms with Crippen LogP contribution in [0, 0.1) is 11.6 Å². The molecule has 0 aliphatic carbocycles. The zero-order valence-corrected chi connectivity index (χ0v) is 15.4. The van der Waals surface area contributed by atoms with Gasteiger partial charge in [0.1, 0.15) is 11.5 Å². The van der Waals surface area contributed by atoms with Crippen molar-refractivity contribution in [2.75, 3.05) is 5.73 Å². The number of hydrogen-bond donors (Lipinski definition) is 1. The van der Waals surface area contributed by atoms with Gasteiger partial charge in [-0.2, -0.15) is 18.3 Å². The number of alkyl halides is 3. The predicted octanol–water partition coefficient (Wildman–Crippen LogP) is 5.72. The van der Waals surface area contributed by atoms with Crippen LogP contribution in [0.4, 0.5) is 27.6 Å². The molecule has 0 amide bonds. The van der Waals surface area contributed by atoms with Crippen molar-refractivity contribution in [2.45, 2.75) is 32.4 Å². The molecule has 28 heavy (non-hydrogen) atoms. The van der Waals surface area contributed by atoms with E-state index in [1.165, 1.54) is 0 Å². The lowest BCUT2D eigenvalue weighted by Crippen LogP contribution is -2.17. The number of nitrogens with zero attached hydrogens (tertiary/aromatic N) is 2. The van der Waals surface area contributed by atoms with Gasteiger partial charge in [-0.15, -0.1) is 0 Å². The van der Waals surface area contributed by atoms with Gasteiger partial charge in [0.2, 0.25) is 0 Å². The Labute approximate surface area is 158 Å². The molecule has 3 aromatic rings. The van der Waals surface area contributed by atoms with Gasteiger partial charge in [0.05, 0.1) is 11.9 Å². The quantitative estimate of drug-likeness (QED) is 0.565. The Morgan fingerprint density at radius 1 is 0.964 bits per heavy atom. The molecular formula is C20H18F5N3. The third kappa shape index (κ3) is 3.58. The smallest absolute Gasteiger partial charge is 0.396 e. The minimum absolute atomic E-state index is 0.0634. The lowest BCUT2D eigenvalue weighted by molar-refractivity contribution is -0.142. The number of rotatable bonds is 2. The van der Waals surface area contributed by atoms with Gasteiger partial charge in [0.15, 0.2) is 11.5 Å². The van der Waals surface area contributed by atoms with Crippen LogP contribution in [0.15, 0.2) is 42.6 Å². The first-order valence-corrected chi connectivity index (χ1v) is 8.40. The molecule has 0 radical (unpaired) electrons. The molecule has 1 heterocycles. The molecule has 3 rings (SSSR count). The van der Waals surface area contributed by atoms with E-state index in [9.17, 15) is 22.0 Å². The Morgan fingerprint density at radius 2 is 1.57 bits per heavy atom. The Morgan fingerprint density at radius 3 is 2.11 bits per heavy atom. The SMILES string of the molecule is CC(C)(C)c1ccc(-c2cc(F)cc(F)c2-n2ncc(N)c2C(F)(F)F)cc1. The van der Waals surface area contributed by atoms with Crippen molar-refractivity contribution in [1.82, 2.24) is 9.78 Å². The normalized spacial score (nSPS) is 12.4. The van der Waals surface area contributed by atoms with Crippen molar-refractivity contribution in [3.63, 3.8) is 0 Å². The van der Waals surface area contributed by atoms with E-state index in [1.54, 1.807) is 24.3 Å². The number of hydrogen-bond acceptors (Lipinski definition) is 2. The zero-order chi connectivity index (χ0) is 20.9. The van der Waals surface area contributed by atoms with E-state index in [-0.39, 0.29) is 11.0 Å². The average molecular weight is 395 g/mol. The minimum atomic E-state index is -4.87. The van der Waals surface area contributed by atoms with Crippen molar-refractivity contribution >= 4 is 5.69 Å². The molecule has 1 aromatic heterocycles. The number of anilines is 1. The molecule has 0 aliphatic heterocycles. The second-order valence-corrected chi connectivity index (χ2v) is 7.47. The highest BCUT2D eigenvalue weighted by atomic mass is 19.4. The molecule has 0 saturated heterocycles. The van der Waals surface area contributed by atoms with Crippen molar-refractivity contribution in [1.29, 1.82) is 0 Å². The van der Waals surface area contributed by atoms with E-state index >= 15 is 0 Å². The van der Waals surface area contributed by atoms with Gasteiger partial charge < -0.3 is 5.73 Å². The van der Waals surface area contributed by atoms with Crippen molar-refractivity contribution < 1.29 is 22.0 Å². The second-order valence-electron chi connectivity index (χ2n) is 7.47. The third-order valence-corrected chi connectivity index (χ3v) is 4.37. The van der Waals surface area contributed by atoms with Gasteiger partial charge in [0, 0.05) is 11.6 Å². The van der Waals surface area contributed by atoms with Gasteiger partial charge in [0.25, 0.3) is 0 Å². The second kappa shape index (κ2) is 6.61. The molecule has 0 bridgehead atoms. The summed E-state index contributed by atoms with van der Waals surface area (Å²) in [6, 6.07) is 8.24. The van der Waals surface area contributed by atoms with E-state index in [1.807, 2.05) is 20.8 Å². The summed E-state index contributed by atoms with van der Waals surface area (Å²) in [4.78, 5) is 0. The number of nitrogen functional groups attached to an aromatic ring is 1. The Bertz CT molecular complexity index is 1010. The highest BCUT2D eigenvalue weighted by Gasteiger charge is 2.39. The number of aromatic nitrogens is 2. The molecule has 0 aliphatic rings. The summed E-state index contributed by atoms with van der Waals surface area (Å²) in [5.41, 5.74) is 4.02. The molecule has 8 heteroatoms. The van der Waals surface area contributed by atoms with E-state index < -0.39 is 34.9 Å². The molecule has 0 spiro atoms. The lowest BCUT2D eigenvalue weighted by Gasteiger charge is -2.20. The van der Waals surface area contributed by atoms with Crippen LogP contribution in [0.5, 0.6) is 0 Å². The van der Waals surface area contributed by atoms with E-state index in [2.05, 4.69) is 5.10 Å². The number of halogens is 5. The van der Waals surface area contributed by atoms with Gasteiger partial charge in [-0.1, -0.05) is 45.0 Å². The first-order chi connectivity index (χ1) is 12.9. The van der Waals surface area contributed by atoms with Crippen LogP contribution in [0.2, 0.25) is 0 Å². The molecule has 0 saturated carbocycles. The van der Waals surface area contributed by atoms with Crippen LogP contribution in [0.1, 0.15) is 32.0 Å². The standard InChI is InChI=1S/C20H18F5N3/c1-19(2,3)12-6-4-11(5-7-12)14-8-13(21)9-15(22)17(14)28-18(20(23,24)25)16(26)10-27-28/h4-10H,26H2,1-3H3. The summed E-state index contributed by atoms with van der Waals surface area (Å²) >= 11 is 0. The van der Waals surface area contributed by atoms with Gasteiger partial charge in [-0.25, -0.2) is 13.5 Å². The minimum Gasteiger partial charge on any atom is -0.396 e. The molecular weight excluding hydrogens is 377 g/mol. The highest BCUT2D eigenvalue weighted by Crippen LogP contribution is 2.38. The summed E-state index contributed by atoms with van der Waals surface area (Å²) < 4.78 is 69.2. The van der Waals surface area contributed by atoms with Crippen LogP contribution in [0.25, 0.3) is 16.8 Å². The lowest BCUT2D eigenvalue weighted by atomic mass is 9.86. The zero-order valence-electron chi connectivity index (χ0n) is 15.4. The molecule has 2 aromatic carbocycles.